The lowest BCUT2D eigenvalue weighted by atomic mass is 10.2. The number of benzene rings is 2. The van der Waals surface area contributed by atoms with Crippen molar-refractivity contribution in [3.8, 4) is 28.5 Å². The number of hydrogen-bond acceptors (Lipinski definition) is 6. The first-order valence-electron chi connectivity index (χ1n) is 9.33. The summed E-state index contributed by atoms with van der Waals surface area (Å²) in [5.74, 6) is 1.24. The quantitative estimate of drug-likeness (QED) is 0.426. The zero-order valence-corrected chi connectivity index (χ0v) is 18.7. The van der Waals surface area contributed by atoms with Crippen molar-refractivity contribution < 1.29 is 19.0 Å². The van der Waals surface area contributed by atoms with Gasteiger partial charge in [0, 0.05) is 45.7 Å². The average Bonchev–Trinajstić information content (AvgIpc) is 3.35. The van der Waals surface area contributed by atoms with Gasteiger partial charge in [-0.3, -0.25) is 9.20 Å². The second kappa shape index (κ2) is 8.87. The van der Waals surface area contributed by atoms with Gasteiger partial charge in [0.05, 0.1) is 33.4 Å². The van der Waals surface area contributed by atoms with Gasteiger partial charge in [-0.1, -0.05) is 23.7 Å². The lowest BCUT2D eigenvalue weighted by Gasteiger charge is -2.14. The molecule has 0 bridgehead atoms. The zero-order valence-electron chi connectivity index (χ0n) is 17.1. The number of methoxy groups -OCH3 is 3. The van der Waals surface area contributed by atoms with Crippen molar-refractivity contribution in [2.75, 3.05) is 26.6 Å². The Kier molecular flexibility index (Phi) is 6.01. The molecule has 0 aliphatic carbocycles. The molecule has 0 saturated carbocycles. The summed E-state index contributed by atoms with van der Waals surface area (Å²) >= 11 is 7.46. The van der Waals surface area contributed by atoms with Crippen molar-refractivity contribution in [2.45, 2.75) is 6.42 Å². The smallest absolute Gasteiger partial charge is 0.230 e. The Balaban J connectivity index is 1.54. The standard InChI is InChI=1S/C22H20ClN3O4S/c1-28-18-8-15(9-19(29-2)21(18)30-3)24-20(27)10-16-12-31-22-25-17(11-26(16)22)13-4-6-14(23)7-5-13/h4-9,11-12H,10H2,1-3H3,(H,24,27). The molecule has 0 unspecified atom stereocenters. The molecule has 0 aliphatic heterocycles. The summed E-state index contributed by atoms with van der Waals surface area (Å²) in [6, 6.07) is 10.9. The fourth-order valence-corrected chi connectivity index (χ4v) is 4.24. The van der Waals surface area contributed by atoms with Crippen LogP contribution in [0.4, 0.5) is 5.69 Å². The number of imidazole rings is 1. The molecule has 1 N–H and O–H groups in total. The van der Waals surface area contributed by atoms with E-state index in [0.717, 1.165) is 21.9 Å². The largest absolute Gasteiger partial charge is 0.493 e. The van der Waals surface area contributed by atoms with Gasteiger partial charge in [0.2, 0.25) is 11.7 Å². The number of rotatable bonds is 7. The van der Waals surface area contributed by atoms with E-state index in [4.69, 9.17) is 25.8 Å². The van der Waals surface area contributed by atoms with Crippen molar-refractivity contribution in [3.63, 3.8) is 0 Å². The van der Waals surface area contributed by atoms with Crippen molar-refractivity contribution in [1.29, 1.82) is 0 Å². The van der Waals surface area contributed by atoms with Gasteiger partial charge in [-0.05, 0) is 12.1 Å². The maximum atomic E-state index is 12.7. The molecule has 4 rings (SSSR count). The van der Waals surface area contributed by atoms with E-state index in [2.05, 4.69) is 10.3 Å². The summed E-state index contributed by atoms with van der Waals surface area (Å²) in [7, 11) is 4.59. The van der Waals surface area contributed by atoms with Crippen LogP contribution in [0, 0.1) is 0 Å². The first-order chi connectivity index (χ1) is 15.0. The molecule has 0 atom stereocenters. The number of thiazole rings is 1. The Bertz CT molecular complexity index is 1210. The molecule has 0 aliphatic rings. The number of fused-ring (bicyclic) bond motifs is 1. The molecule has 0 spiro atoms. The summed E-state index contributed by atoms with van der Waals surface area (Å²) in [6.45, 7) is 0. The topological polar surface area (TPSA) is 74.1 Å². The maximum absolute atomic E-state index is 12.7. The first kappa shape index (κ1) is 21.0. The van der Waals surface area contributed by atoms with Gasteiger partial charge in [0.1, 0.15) is 0 Å². The summed E-state index contributed by atoms with van der Waals surface area (Å²) in [4.78, 5) is 18.2. The van der Waals surface area contributed by atoms with E-state index in [9.17, 15) is 4.79 Å². The van der Waals surface area contributed by atoms with Crippen LogP contribution in [-0.4, -0.2) is 36.6 Å². The molecule has 7 nitrogen and oxygen atoms in total. The van der Waals surface area contributed by atoms with E-state index in [1.165, 1.54) is 32.7 Å². The van der Waals surface area contributed by atoms with Crippen LogP contribution in [0.3, 0.4) is 0 Å². The molecule has 4 aromatic rings. The van der Waals surface area contributed by atoms with Gasteiger partial charge < -0.3 is 19.5 Å². The number of hydrogen-bond donors (Lipinski definition) is 1. The Morgan fingerprint density at radius 1 is 1.10 bits per heavy atom. The van der Waals surface area contributed by atoms with Crippen LogP contribution in [0.2, 0.25) is 5.02 Å². The Labute approximate surface area is 188 Å². The molecule has 1 amide bonds. The van der Waals surface area contributed by atoms with Gasteiger partial charge >= 0.3 is 0 Å². The van der Waals surface area contributed by atoms with Crippen molar-refractivity contribution in [3.05, 3.63) is 58.7 Å². The van der Waals surface area contributed by atoms with Crippen LogP contribution in [0.25, 0.3) is 16.2 Å². The second-order valence-electron chi connectivity index (χ2n) is 6.65. The van der Waals surface area contributed by atoms with Crippen molar-refractivity contribution >= 4 is 39.5 Å². The molecule has 2 aromatic carbocycles. The molecule has 31 heavy (non-hydrogen) atoms. The van der Waals surface area contributed by atoms with Gasteiger partial charge in [-0.15, -0.1) is 11.3 Å². The average molecular weight is 458 g/mol. The molecule has 2 aromatic heterocycles. The van der Waals surface area contributed by atoms with E-state index in [1.54, 1.807) is 12.1 Å². The van der Waals surface area contributed by atoms with Crippen LogP contribution in [0.1, 0.15) is 5.69 Å². The first-order valence-corrected chi connectivity index (χ1v) is 10.6. The van der Waals surface area contributed by atoms with Crippen LogP contribution < -0.4 is 19.5 Å². The number of nitrogens with one attached hydrogen (secondary N) is 1. The molecular formula is C22H20ClN3O4S. The highest BCUT2D eigenvalue weighted by molar-refractivity contribution is 7.15. The highest BCUT2D eigenvalue weighted by Gasteiger charge is 2.16. The van der Waals surface area contributed by atoms with Gasteiger partial charge in [-0.2, -0.15) is 0 Å². The lowest BCUT2D eigenvalue weighted by Crippen LogP contribution is -2.15. The maximum Gasteiger partial charge on any atom is 0.230 e. The number of amides is 1. The molecule has 0 fully saturated rings. The number of anilines is 1. The third-order valence-corrected chi connectivity index (χ3v) is 5.85. The van der Waals surface area contributed by atoms with Crippen LogP contribution in [0.15, 0.2) is 48.0 Å². The highest BCUT2D eigenvalue weighted by Crippen LogP contribution is 2.40. The minimum Gasteiger partial charge on any atom is -0.493 e. The minimum atomic E-state index is -0.171. The van der Waals surface area contributed by atoms with E-state index in [0.29, 0.717) is 28.0 Å². The molecular weight excluding hydrogens is 438 g/mol. The normalized spacial score (nSPS) is 10.8. The van der Waals surface area contributed by atoms with Crippen molar-refractivity contribution in [1.82, 2.24) is 9.38 Å². The fraction of sp³-hybridized carbons (Fsp3) is 0.182. The number of carbonyl (C=O) groups is 1. The van der Waals surface area contributed by atoms with E-state index in [1.807, 2.05) is 40.2 Å². The molecule has 9 heteroatoms. The molecule has 2 heterocycles. The van der Waals surface area contributed by atoms with Crippen LogP contribution in [0.5, 0.6) is 17.2 Å². The molecule has 0 radical (unpaired) electrons. The summed E-state index contributed by atoms with van der Waals surface area (Å²) in [6.07, 6.45) is 2.12. The Morgan fingerprint density at radius 2 is 1.77 bits per heavy atom. The summed E-state index contributed by atoms with van der Waals surface area (Å²) < 4.78 is 17.9. The predicted molar refractivity (Wildman–Crippen MR) is 122 cm³/mol. The third-order valence-electron chi connectivity index (χ3n) is 4.71. The highest BCUT2D eigenvalue weighted by atomic mass is 35.5. The number of carbonyl (C=O) groups excluding carboxylic acids is 1. The van der Waals surface area contributed by atoms with E-state index < -0.39 is 0 Å². The molecule has 160 valence electrons. The number of aromatic nitrogens is 2. The Hall–Kier alpha value is -3.23. The fourth-order valence-electron chi connectivity index (χ4n) is 3.24. The van der Waals surface area contributed by atoms with E-state index in [-0.39, 0.29) is 12.3 Å². The SMILES string of the molecule is COc1cc(NC(=O)Cc2csc3nc(-c4ccc(Cl)cc4)cn23)cc(OC)c1OC. The van der Waals surface area contributed by atoms with Gasteiger partial charge in [0.25, 0.3) is 0 Å². The Morgan fingerprint density at radius 3 is 2.39 bits per heavy atom. The molecule has 0 saturated heterocycles. The zero-order chi connectivity index (χ0) is 22.0. The number of halogens is 1. The predicted octanol–water partition coefficient (Wildman–Crippen LogP) is 4.92. The second-order valence-corrected chi connectivity index (χ2v) is 7.92. The third kappa shape index (κ3) is 4.30. The van der Waals surface area contributed by atoms with Gasteiger partial charge in [0.15, 0.2) is 16.5 Å². The summed E-state index contributed by atoms with van der Waals surface area (Å²) in [5, 5.41) is 5.50. The lowest BCUT2D eigenvalue weighted by molar-refractivity contribution is -0.115. The van der Waals surface area contributed by atoms with Crippen molar-refractivity contribution in [2.24, 2.45) is 0 Å². The summed E-state index contributed by atoms with van der Waals surface area (Å²) in [5.41, 5.74) is 3.19. The van der Waals surface area contributed by atoms with Crippen LogP contribution in [-0.2, 0) is 11.2 Å². The van der Waals surface area contributed by atoms with Crippen LogP contribution >= 0.6 is 22.9 Å². The van der Waals surface area contributed by atoms with Gasteiger partial charge in [-0.25, -0.2) is 4.98 Å². The number of ether oxygens (including phenoxy) is 3. The van der Waals surface area contributed by atoms with E-state index >= 15 is 0 Å². The minimum absolute atomic E-state index is 0.171. The monoisotopic (exact) mass is 457 g/mol. The number of nitrogens with zero attached hydrogens (tertiary/aromatic N) is 2.